The van der Waals surface area contributed by atoms with Gasteiger partial charge in [-0.2, -0.15) is 9.47 Å². The van der Waals surface area contributed by atoms with E-state index in [1.165, 1.54) is 11.5 Å². The average molecular weight is 218 g/mol. The molecule has 2 aromatic heterocycles. The third-order valence-corrected chi connectivity index (χ3v) is 3.10. The number of hydrogen-bond donors (Lipinski definition) is 0. The molecule has 5 heteroatoms. The summed E-state index contributed by atoms with van der Waals surface area (Å²) in [7, 11) is 0. The van der Waals surface area contributed by atoms with Gasteiger partial charge in [-0.3, -0.25) is 0 Å². The molecule has 0 aliphatic heterocycles. The van der Waals surface area contributed by atoms with Crippen molar-refractivity contribution in [3.8, 4) is 10.7 Å². The van der Waals surface area contributed by atoms with Gasteiger partial charge in [0.2, 0.25) is 0 Å². The van der Waals surface area contributed by atoms with Gasteiger partial charge in [0, 0.05) is 6.92 Å². The van der Waals surface area contributed by atoms with Crippen molar-refractivity contribution in [3.63, 3.8) is 0 Å². The van der Waals surface area contributed by atoms with Gasteiger partial charge in [0.05, 0.1) is 5.69 Å². The first-order valence-electron chi connectivity index (χ1n) is 4.49. The molecule has 0 fully saturated rings. The zero-order chi connectivity index (χ0) is 11.0. The molecule has 0 aliphatic carbocycles. The van der Waals surface area contributed by atoms with E-state index in [-0.39, 0.29) is 0 Å². The van der Waals surface area contributed by atoms with Gasteiger partial charge in [-0.15, -0.1) is 5.10 Å². The first kappa shape index (κ1) is 10.2. The quantitative estimate of drug-likeness (QED) is 0.734. The molecule has 15 heavy (non-hydrogen) atoms. The summed E-state index contributed by atoms with van der Waals surface area (Å²) in [6.45, 7) is 11.4. The third kappa shape index (κ3) is 1.74. The number of aryl methyl sites for hydroxylation is 1. The lowest BCUT2D eigenvalue weighted by Gasteiger charge is -2.05. The molecule has 2 aromatic rings. The molecule has 0 saturated carbocycles. The van der Waals surface area contributed by atoms with Crippen molar-refractivity contribution in [3.05, 3.63) is 29.6 Å². The molecule has 0 aromatic carbocycles. The highest BCUT2D eigenvalue weighted by atomic mass is 32.1. The third-order valence-electron chi connectivity index (χ3n) is 2.29. The summed E-state index contributed by atoms with van der Waals surface area (Å²) in [5.41, 5.74) is 3.20. The van der Waals surface area contributed by atoms with Crippen LogP contribution in [0.2, 0.25) is 0 Å². The summed E-state index contributed by atoms with van der Waals surface area (Å²) >= 11 is 1.33. The molecule has 0 unspecified atom stereocenters. The number of hydrogen-bond acceptors (Lipinski definition) is 5. The Balaban J connectivity index is 2.59. The van der Waals surface area contributed by atoms with Gasteiger partial charge < -0.3 is 0 Å². The van der Waals surface area contributed by atoms with Crippen molar-refractivity contribution < 1.29 is 0 Å². The highest BCUT2D eigenvalue weighted by Crippen LogP contribution is 2.24. The second-order valence-electron chi connectivity index (χ2n) is 3.33. The fraction of sp³-hybridized carbons (Fsp3) is 0.300. The van der Waals surface area contributed by atoms with Crippen molar-refractivity contribution in [2.24, 2.45) is 0 Å². The van der Waals surface area contributed by atoms with E-state index < -0.39 is 0 Å². The Morgan fingerprint density at radius 2 is 1.80 bits per heavy atom. The molecule has 0 spiro atoms. The molecule has 0 bridgehead atoms. The molecule has 76 valence electrons. The molecular formula is C10H10N4S. The molecule has 0 aliphatic rings. The zero-order valence-electron chi connectivity index (χ0n) is 8.77. The normalized spacial score (nSPS) is 10.7. The van der Waals surface area contributed by atoms with Crippen molar-refractivity contribution in [2.45, 2.75) is 20.8 Å². The van der Waals surface area contributed by atoms with E-state index in [0.717, 1.165) is 27.7 Å². The van der Waals surface area contributed by atoms with Crippen molar-refractivity contribution >= 4 is 11.5 Å². The monoisotopic (exact) mass is 218 g/mol. The zero-order valence-corrected chi connectivity index (χ0v) is 9.59. The molecule has 0 saturated heterocycles. The van der Waals surface area contributed by atoms with Crippen molar-refractivity contribution in [2.75, 3.05) is 0 Å². The first-order chi connectivity index (χ1) is 7.09. The number of rotatable bonds is 1. The largest absolute Gasteiger partial charge is 0.218 e. The molecule has 0 N–H and O–H groups in total. The van der Waals surface area contributed by atoms with Crippen LogP contribution in [-0.4, -0.2) is 19.6 Å². The maximum atomic E-state index is 5.67. The highest BCUT2D eigenvalue weighted by molar-refractivity contribution is 7.09. The van der Waals surface area contributed by atoms with Crippen LogP contribution >= 0.6 is 11.5 Å². The van der Waals surface area contributed by atoms with E-state index in [2.05, 4.69) is 19.6 Å². The predicted octanol–water partition coefficient (Wildman–Crippen LogP) is 1.98. The molecule has 2 rings (SSSR count). The lowest BCUT2D eigenvalue weighted by molar-refractivity contribution is 0.973. The molecule has 0 amide bonds. The summed E-state index contributed by atoms with van der Waals surface area (Å²) < 4.78 is 4.12. The summed E-state index contributed by atoms with van der Waals surface area (Å²) in [5, 5.41) is 8.74. The fourth-order valence-electron chi connectivity index (χ4n) is 1.22. The van der Waals surface area contributed by atoms with Crippen LogP contribution in [0, 0.1) is 27.7 Å². The van der Waals surface area contributed by atoms with Crippen molar-refractivity contribution in [1.29, 1.82) is 0 Å². The molecule has 2 heterocycles. The van der Waals surface area contributed by atoms with Crippen LogP contribution in [0.5, 0.6) is 0 Å². The summed E-state index contributed by atoms with van der Waals surface area (Å²) in [5.74, 6) is 0.755. The SMILES string of the molecule is [CH]c1nnc(-c2nc(C)ns2)c(C)c1C. The van der Waals surface area contributed by atoms with E-state index in [4.69, 9.17) is 6.92 Å². The molecule has 4 nitrogen and oxygen atoms in total. The van der Waals surface area contributed by atoms with E-state index in [1.54, 1.807) is 0 Å². The Labute approximate surface area is 92.6 Å². The van der Waals surface area contributed by atoms with Crippen LogP contribution in [0.25, 0.3) is 10.7 Å². The minimum atomic E-state index is 0.470. The van der Waals surface area contributed by atoms with Crippen molar-refractivity contribution in [1.82, 2.24) is 19.6 Å². The van der Waals surface area contributed by atoms with Gasteiger partial charge in [-0.1, -0.05) is 0 Å². The number of aromatic nitrogens is 4. The maximum Gasteiger partial charge on any atom is 0.164 e. The Kier molecular flexibility index (Phi) is 2.48. The van der Waals surface area contributed by atoms with Crippen LogP contribution in [-0.2, 0) is 0 Å². The van der Waals surface area contributed by atoms with E-state index in [9.17, 15) is 0 Å². The first-order valence-corrected chi connectivity index (χ1v) is 5.27. The van der Waals surface area contributed by atoms with E-state index >= 15 is 0 Å². The second kappa shape index (κ2) is 3.66. The number of nitrogens with zero attached hydrogens (tertiary/aromatic N) is 4. The Morgan fingerprint density at radius 3 is 2.40 bits per heavy atom. The van der Waals surface area contributed by atoms with Gasteiger partial charge in [0.25, 0.3) is 0 Å². The lowest BCUT2D eigenvalue weighted by atomic mass is 10.1. The second-order valence-corrected chi connectivity index (χ2v) is 4.08. The molecule has 2 radical (unpaired) electrons. The Hall–Kier alpha value is -1.36. The average Bonchev–Trinajstić information content (AvgIpc) is 2.61. The lowest BCUT2D eigenvalue weighted by Crippen LogP contribution is -1.98. The fourth-order valence-corrected chi connectivity index (χ4v) is 1.93. The summed E-state index contributed by atoms with van der Waals surface area (Å²) in [6.07, 6.45) is 0. The van der Waals surface area contributed by atoms with E-state index in [1.807, 2.05) is 20.8 Å². The summed E-state index contributed by atoms with van der Waals surface area (Å²) in [4.78, 5) is 4.28. The summed E-state index contributed by atoms with van der Waals surface area (Å²) in [6, 6.07) is 0. The highest BCUT2D eigenvalue weighted by Gasteiger charge is 2.12. The Bertz CT molecular complexity index is 504. The van der Waals surface area contributed by atoms with Crippen LogP contribution in [0.3, 0.4) is 0 Å². The van der Waals surface area contributed by atoms with Crippen LogP contribution in [0.1, 0.15) is 22.6 Å². The topological polar surface area (TPSA) is 51.6 Å². The van der Waals surface area contributed by atoms with Crippen LogP contribution in [0.15, 0.2) is 0 Å². The van der Waals surface area contributed by atoms with Gasteiger partial charge in [0.15, 0.2) is 5.01 Å². The minimum Gasteiger partial charge on any atom is -0.218 e. The Morgan fingerprint density at radius 1 is 1.07 bits per heavy atom. The maximum absolute atomic E-state index is 5.67. The van der Waals surface area contributed by atoms with E-state index in [0.29, 0.717) is 5.69 Å². The van der Waals surface area contributed by atoms with Gasteiger partial charge >= 0.3 is 0 Å². The minimum absolute atomic E-state index is 0.470. The standard InChI is InChI=1S/C10H10N4S/c1-5-6(2)9(13-12-7(5)3)10-11-8(4)14-15-10/h3H,1-2,4H3. The van der Waals surface area contributed by atoms with Gasteiger partial charge in [0.1, 0.15) is 11.5 Å². The molecular weight excluding hydrogens is 208 g/mol. The van der Waals surface area contributed by atoms with Crippen LogP contribution in [0.4, 0.5) is 0 Å². The van der Waals surface area contributed by atoms with Gasteiger partial charge in [-0.05, 0) is 43.4 Å². The predicted molar refractivity (Wildman–Crippen MR) is 58.5 cm³/mol. The van der Waals surface area contributed by atoms with Gasteiger partial charge in [-0.25, -0.2) is 4.98 Å². The molecule has 0 atom stereocenters. The smallest absolute Gasteiger partial charge is 0.164 e. The van der Waals surface area contributed by atoms with Crippen LogP contribution < -0.4 is 0 Å².